The van der Waals surface area contributed by atoms with Crippen molar-refractivity contribution in [2.24, 2.45) is 0 Å². The molecule has 0 saturated heterocycles. The summed E-state index contributed by atoms with van der Waals surface area (Å²) >= 11 is 0. The third-order valence-electron chi connectivity index (χ3n) is 3.26. The molecule has 0 aromatic heterocycles. The maximum Gasteiger partial charge on any atom is 0.196 e. The first-order valence-corrected chi connectivity index (χ1v) is 6.92. The molecule has 2 atom stereocenters. The molecule has 0 heterocycles. The first-order valence-electron chi connectivity index (χ1n) is 6.92. The second-order valence-corrected chi connectivity index (χ2v) is 4.76. The van der Waals surface area contributed by atoms with Crippen molar-refractivity contribution in [1.29, 1.82) is 0 Å². The van der Waals surface area contributed by atoms with E-state index in [-0.39, 0.29) is 12.1 Å². The Morgan fingerprint density at radius 1 is 1.26 bits per heavy atom. The molecule has 1 aromatic carbocycles. The molecule has 0 fully saturated rings. The van der Waals surface area contributed by atoms with Crippen molar-refractivity contribution in [3.63, 3.8) is 0 Å². The molecular formula is C16H24O3. The van der Waals surface area contributed by atoms with Crippen LogP contribution in [0.2, 0.25) is 0 Å². The van der Waals surface area contributed by atoms with Gasteiger partial charge in [-0.25, -0.2) is 0 Å². The van der Waals surface area contributed by atoms with Crippen molar-refractivity contribution in [3.05, 3.63) is 29.3 Å². The van der Waals surface area contributed by atoms with Crippen LogP contribution in [0.5, 0.6) is 5.75 Å². The number of carbonyl (C=O) groups excluding carboxylic acids is 1. The van der Waals surface area contributed by atoms with Gasteiger partial charge < -0.3 is 9.47 Å². The van der Waals surface area contributed by atoms with Crippen molar-refractivity contribution in [1.82, 2.24) is 0 Å². The van der Waals surface area contributed by atoms with E-state index in [9.17, 15) is 4.79 Å². The molecule has 0 N–H and O–H groups in total. The SMILES string of the molecule is CCOC(C)Oc1ccc(C(C)CC)cc1C(C)=O. The van der Waals surface area contributed by atoms with Gasteiger partial charge in [-0.05, 0) is 50.8 Å². The Hall–Kier alpha value is -1.35. The third-order valence-corrected chi connectivity index (χ3v) is 3.26. The van der Waals surface area contributed by atoms with Crippen molar-refractivity contribution in [2.45, 2.75) is 53.2 Å². The highest BCUT2D eigenvalue weighted by Gasteiger charge is 2.14. The minimum absolute atomic E-state index is 0.0175. The summed E-state index contributed by atoms with van der Waals surface area (Å²) < 4.78 is 11.0. The Kier molecular flexibility index (Phi) is 6.03. The maximum absolute atomic E-state index is 11.7. The molecule has 0 spiro atoms. The Balaban J connectivity index is 3.01. The number of ketones is 1. The molecule has 106 valence electrons. The van der Waals surface area contributed by atoms with Gasteiger partial charge in [-0.2, -0.15) is 0 Å². The first kappa shape index (κ1) is 15.7. The summed E-state index contributed by atoms with van der Waals surface area (Å²) in [5, 5.41) is 0. The number of rotatable bonds is 7. The number of benzene rings is 1. The molecule has 0 saturated carbocycles. The summed E-state index contributed by atoms with van der Waals surface area (Å²) in [5.41, 5.74) is 1.80. The second-order valence-electron chi connectivity index (χ2n) is 4.76. The van der Waals surface area contributed by atoms with Crippen LogP contribution in [-0.4, -0.2) is 18.7 Å². The van der Waals surface area contributed by atoms with E-state index in [0.29, 0.717) is 23.8 Å². The van der Waals surface area contributed by atoms with Crippen LogP contribution in [0.1, 0.15) is 62.9 Å². The molecule has 0 bridgehead atoms. The van der Waals surface area contributed by atoms with Crippen LogP contribution in [0.4, 0.5) is 0 Å². The summed E-state index contributed by atoms with van der Waals surface area (Å²) in [6.07, 6.45) is 0.699. The molecule has 19 heavy (non-hydrogen) atoms. The molecule has 3 nitrogen and oxygen atoms in total. The predicted molar refractivity (Wildman–Crippen MR) is 76.9 cm³/mol. The number of Topliss-reactive ketones (excluding diaryl/α,β-unsaturated/α-hetero) is 1. The average Bonchev–Trinajstić information content (AvgIpc) is 2.38. The van der Waals surface area contributed by atoms with Gasteiger partial charge in [-0.15, -0.1) is 0 Å². The normalized spacial score (nSPS) is 13.9. The van der Waals surface area contributed by atoms with E-state index in [1.165, 1.54) is 5.56 Å². The van der Waals surface area contributed by atoms with Crippen LogP contribution >= 0.6 is 0 Å². The molecule has 0 aliphatic carbocycles. The second kappa shape index (κ2) is 7.29. The zero-order valence-electron chi connectivity index (χ0n) is 12.5. The monoisotopic (exact) mass is 264 g/mol. The number of hydrogen-bond donors (Lipinski definition) is 0. The van der Waals surface area contributed by atoms with E-state index in [0.717, 1.165) is 6.42 Å². The molecule has 1 rings (SSSR count). The fourth-order valence-corrected chi connectivity index (χ4v) is 1.92. The van der Waals surface area contributed by atoms with Gasteiger partial charge in [0.1, 0.15) is 5.75 Å². The van der Waals surface area contributed by atoms with Gasteiger partial charge in [0.15, 0.2) is 12.1 Å². The van der Waals surface area contributed by atoms with Crippen molar-refractivity contribution in [2.75, 3.05) is 6.61 Å². The lowest BCUT2D eigenvalue weighted by Gasteiger charge is -2.18. The van der Waals surface area contributed by atoms with Crippen molar-refractivity contribution < 1.29 is 14.3 Å². The number of carbonyl (C=O) groups is 1. The summed E-state index contributed by atoms with van der Waals surface area (Å²) in [4.78, 5) is 11.7. The predicted octanol–water partition coefficient (Wildman–Crippen LogP) is 4.16. The minimum Gasteiger partial charge on any atom is -0.465 e. The highest BCUT2D eigenvalue weighted by Crippen LogP contribution is 2.27. The maximum atomic E-state index is 11.7. The highest BCUT2D eigenvalue weighted by atomic mass is 16.7. The molecule has 1 aromatic rings. The lowest BCUT2D eigenvalue weighted by molar-refractivity contribution is -0.0615. The van der Waals surface area contributed by atoms with Crippen molar-refractivity contribution in [3.8, 4) is 5.75 Å². The van der Waals surface area contributed by atoms with Gasteiger partial charge in [0.2, 0.25) is 0 Å². The topological polar surface area (TPSA) is 35.5 Å². The highest BCUT2D eigenvalue weighted by molar-refractivity contribution is 5.97. The smallest absolute Gasteiger partial charge is 0.196 e. The van der Waals surface area contributed by atoms with E-state index < -0.39 is 0 Å². The quantitative estimate of drug-likeness (QED) is 0.548. The summed E-state index contributed by atoms with van der Waals surface area (Å²) in [5.74, 6) is 1.06. The Bertz CT molecular complexity index is 426. The molecule has 0 radical (unpaired) electrons. The van der Waals surface area contributed by atoms with Gasteiger partial charge in [0, 0.05) is 6.61 Å². The fraction of sp³-hybridized carbons (Fsp3) is 0.562. The van der Waals surface area contributed by atoms with Crippen LogP contribution in [-0.2, 0) is 4.74 Å². The van der Waals surface area contributed by atoms with E-state index >= 15 is 0 Å². The van der Waals surface area contributed by atoms with E-state index in [2.05, 4.69) is 13.8 Å². The average molecular weight is 264 g/mol. The van der Waals surface area contributed by atoms with Gasteiger partial charge >= 0.3 is 0 Å². The molecule has 0 amide bonds. The van der Waals surface area contributed by atoms with E-state index in [4.69, 9.17) is 9.47 Å². The largest absolute Gasteiger partial charge is 0.465 e. The first-order chi connectivity index (χ1) is 8.99. The number of ether oxygens (including phenoxy) is 2. The lowest BCUT2D eigenvalue weighted by Crippen LogP contribution is -2.17. The van der Waals surface area contributed by atoms with Crippen LogP contribution < -0.4 is 4.74 Å². The molecule has 0 aliphatic rings. The Labute approximate surface area is 115 Å². The Morgan fingerprint density at radius 2 is 1.95 bits per heavy atom. The van der Waals surface area contributed by atoms with Crippen LogP contribution in [0.15, 0.2) is 18.2 Å². The van der Waals surface area contributed by atoms with E-state index in [1.54, 1.807) is 6.92 Å². The Morgan fingerprint density at radius 3 is 2.47 bits per heavy atom. The fourth-order valence-electron chi connectivity index (χ4n) is 1.92. The molecule has 0 aliphatic heterocycles. The van der Waals surface area contributed by atoms with Gasteiger partial charge in [-0.3, -0.25) is 4.79 Å². The van der Waals surface area contributed by atoms with E-state index in [1.807, 2.05) is 32.0 Å². The summed E-state index contributed by atoms with van der Waals surface area (Å²) in [7, 11) is 0. The summed E-state index contributed by atoms with van der Waals surface area (Å²) in [6, 6.07) is 5.83. The standard InChI is InChI=1S/C16H24O3/c1-6-11(3)14-8-9-16(15(10-14)12(4)17)19-13(5)18-7-2/h8-11,13H,6-7H2,1-5H3. The molecule has 3 heteroatoms. The third kappa shape index (κ3) is 4.35. The summed E-state index contributed by atoms with van der Waals surface area (Å²) in [6.45, 7) is 10.2. The van der Waals surface area contributed by atoms with Crippen LogP contribution in [0, 0.1) is 0 Å². The minimum atomic E-state index is -0.349. The zero-order valence-corrected chi connectivity index (χ0v) is 12.5. The number of hydrogen-bond acceptors (Lipinski definition) is 3. The van der Waals surface area contributed by atoms with Crippen LogP contribution in [0.25, 0.3) is 0 Å². The molecule has 2 unspecified atom stereocenters. The van der Waals surface area contributed by atoms with Crippen LogP contribution in [0.3, 0.4) is 0 Å². The molecular weight excluding hydrogens is 240 g/mol. The van der Waals surface area contributed by atoms with Gasteiger partial charge in [0.05, 0.1) is 5.56 Å². The zero-order chi connectivity index (χ0) is 14.4. The van der Waals surface area contributed by atoms with Gasteiger partial charge in [0.25, 0.3) is 0 Å². The van der Waals surface area contributed by atoms with Gasteiger partial charge in [-0.1, -0.05) is 19.9 Å². The van der Waals surface area contributed by atoms with Crippen molar-refractivity contribution >= 4 is 5.78 Å². The lowest BCUT2D eigenvalue weighted by atomic mass is 9.95.